The van der Waals surface area contributed by atoms with E-state index in [0.29, 0.717) is 13.1 Å². The summed E-state index contributed by atoms with van der Waals surface area (Å²) in [4.78, 5) is 5.82. The SMILES string of the molecule is C=CCNC(=NCc1cc(-c2ccc(OC)cc2)cs1)NCC.I. The molecule has 0 radical (unpaired) electrons. The lowest BCUT2D eigenvalue weighted by Crippen LogP contribution is -2.37. The number of thiophene rings is 1. The number of hydrogen-bond donors (Lipinski definition) is 2. The average molecular weight is 457 g/mol. The van der Waals surface area contributed by atoms with Gasteiger partial charge in [-0.1, -0.05) is 18.2 Å². The maximum absolute atomic E-state index is 5.19. The van der Waals surface area contributed by atoms with Crippen LogP contribution in [0.3, 0.4) is 0 Å². The van der Waals surface area contributed by atoms with Crippen LogP contribution in [0.1, 0.15) is 11.8 Å². The summed E-state index contributed by atoms with van der Waals surface area (Å²) < 4.78 is 5.19. The maximum atomic E-state index is 5.19. The van der Waals surface area contributed by atoms with Gasteiger partial charge in [0, 0.05) is 18.0 Å². The first-order chi connectivity index (χ1) is 11.3. The first-order valence-electron chi connectivity index (χ1n) is 7.61. The highest BCUT2D eigenvalue weighted by molar-refractivity contribution is 14.0. The molecule has 0 aliphatic rings. The predicted molar refractivity (Wildman–Crippen MR) is 115 cm³/mol. The Morgan fingerprint density at radius 1 is 1.25 bits per heavy atom. The predicted octanol–water partition coefficient (Wildman–Crippen LogP) is 4.28. The van der Waals surface area contributed by atoms with Crippen LogP contribution in [0, 0.1) is 0 Å². The van der Waals surface area contributed by atoms with Crippen molar-refractivity contribution in [2.45, 2.75) is 13.5 Å². The molecule has 24 heavy (non-hydrogen) atoms. The topological polar surface area (TPSA) is 45.7 Å². The molecule has 0 atom stereocenters. The minimum atomic E-state index is 0. The third-order valence-corrected chi connectivity index (χ3v) is 4.15. The van der Waals surface area contributed by atoms with Crippen molar-refractivity contribution in [1.82, 2.24) is 10.6 Å². The molecular weight excluding hydrogens is 433 g/mol. The third-order valence-electron chi connectivity index (χ3n) is 3.23. The Kier molecular flexibility index (Phi) is 9.48. The number of ether oxygens (including phenoxy) is 1. The summed E-state index contributed by atoms with van der Waals surface area (Å²) in [6.07, 6.45) is 1.82. The number of guanidine groups is 1. The summed E-state index contributed by atoms with van der Waals surface area (Å²) in [5.41, 5.74) is 2.40. The molecule has 130 valence electrons. The fourth-order valence-corrected chi connectivity index (χ4v) is 2.88. The lowest BCUT2D eigenvalue weighted by molar-refractivity contribution is 0.415. The van der Waals surface area contributed by atoms with E-state index in [4.69, 9.17) is 4.74 Å². The first kappa shape index (κ1) is 20.5. The molecule has 2 N–H and O–H groups in total. The van der Waals surface area contributed by atoms with Gasteiger partial charge in [0.1, 0.15) is 5.75 Å². The Balaban J connectivity index is 0.00000288. The Morgan fingerprint density at radius 3 is 2.62 bits per heavy atom. The summed E-state index contributed by atoms with van der Waals surface area (Å²) in [6.45, 7) is 7.96. The third kappa shape index (κ3) is 6.16. The zero-order chi connectivity index (χ0) is 16.5. The monoisotopic (exact) mass is 457 g/mol. The van der Waals surface area contributed by atoms with Crippen molar-refractivity contribution in [1.29, 1.82) is 0 Å². The molecule has 0 amide bonds. The molecule has 0 unspecified atom stereocenters. The molecule has 0 fully saturated rings. The second-order valence-electron chi connectivity index (χ2n) is 4.89. The fraction of sp³-hybridized carbons (Fsp3) is 0.278. The van der Waals surface area contributed by atoms with Gasteiger partial charge in [-0.2, -0.15) is 0 Å². The van der Waals surface area contributed by atoms with E-state index in [1.54, 1.807) is 18.4 Å². The van der Waals surface area contributed by atoms with E-state index < -0.39 is 0 Å². The zero-order valence-corrected chi connectivity index (χ0v) is 17.2. The molecule has 1 heterocycles. The normalized spacial score (nSPS) is 10.7. The van der Waals surface area contributed by atoms with Crippen molar-refractivity contribution in [2.75, 3.05) is 20.2 Å². The molecule has 2 aromatic rings. The molecule has 0 saturated heterocycles. The van der Waals surface area contributed by atoms with Gasteiger partial charge in [0.2, 0.25) is 0 Å². The van der Waals surface area contributed by atoms with Crippen LogP contribution in [-0.2, 0) is 6.54 Å². The number of nitrogens with zero attached hydrogens (tertiary/aromatic N) is 1. The molecule has 1 aromatic heterocycles. The smallest absolute Gasteiger partial charge is 0.191 e. The minimum Gasteiger partial charge on any atom is -0.497 e. The highest BCUT2D eigenvalue weighted by atomic mass is 127. The van der Waals surface area contributed by atoms with Gasteiger partial charge < -0.3 is 15.4 Å². The van der Waals surface area contributed by atoms with Gasteiger partial charge in [0.05, 0.1) is 13.7 Å². The number of benzene rings is 1. The van der Waals surface area contributed by atoms with E-state index >= 15 is 0 Å². The fourth-order valence-electron chi connectivity index (χ4n) is 2.07. The first-order valence-corrected chi connectivity index (χ1v) is 8.49. The van der Waals surface area contributed by atoms with Crippen LogP contribution in [0.4, 0.5) is 0 Å². The van der Waals surface area contributed by atoms with Crippen LogP contribution < -0.4 is 15.4 Å². The molecule has 0 saturated carbocycles. The number of nitrogens with one attached hydrogen (secondary N) is 2. The van der Waals surface area contributed by atoms with E-state index in [1.165, 1.54) is 16.0 Å². The van der Waals surface area contributed by atoms with Crippen LogP contribution in [0.2, 0.25) is 0 Å². The largest absolute Gasteiger partial charge is 0.497 e. The van der Waals surface area contributed by atoms with Gasteiger partial charge in [-0.05, 0) is 41.6 Å². The van der Waals surface area contributed by atoms with Crippen LogP contribution in [0.5, 0.6) is 5.75 Å². The molecule has 0 spiro atoms. The molecule has 0 bridgehead atoms. The lowest BCUT2D eigenvalue weighted by Gasteiger charge is -2.08. The van der Waals surface area contributed by atoms with Gasteiger partial charge in [0.15, 0.2) is 5.96 Å². The van der Waals surface area contributed by atoms with Gasteiger partial charge in [-0.25, -0.2) is 4.99 Å². The molecular formula is C18H24IN3OS. The molecule has 0 aliphatic heterocycles. The van der Waals surface area contributed by atoms with E-state index in [2.05, 4.69) is 52.7 Å². The quantitative estimate of drug-likeness (QED) is 0.282. The molecule has 6 heteroatoms. The highest BCUT2D eigenvalue weighted by Gasteiger charge is 2.03. The second-order valence-corrected chi connectivity index (χ2v) is 5.89. The Bertz CT molecular complexity index is 653. The van der Waals surface area contributed by atoms with Crippen molar-refractivity contribution in [3.8, 4) is 16.9 Å². The van der Waals surface area contributed by atoms with Gasteiger partial charge in [0.25, 0.3) is 0 Å². The molecule has 4 nitrogen and oxygen atoms in total. The van der Waals surface area contributed by atoms with Gasteiger partial charge in [-0.15, -0.1) is 41.9 Å². The van der Waals surface area contributed by atoms with Crippen molar-refractivity contribution >= 4 is 41.3 Å². The number of halogens is 1. The Morgan fingerprint density at radius 2 is 2.00 bits per heavy atom. The van der Waals surface area contributed by atoms with Crippen molar-refractivity contribution in [3.05, 3.63) is 53.2 Å². The zero-order valence-electron chi connectivity index (χ0n) is 14.0. The van der Waals surface area contributed by atoms with E-state index in [-0.39, 0.29) is 24.0 Å². The van der Waals surface area contributed by atoms with Crippen LogP contribution >= 0.6 is 35.3 Å². The highest BCUT2D eigenvalue weighted by Crippen LogP contribution is 2.27. The van der Waals surface area contributed by atoms with Crippen LogP contribution in [0.25, 0.3) is 11.1 Å². The van der Waals surface area contributed by atoms with E-state index in [1.807, 2.05) is 18.2 Å². The van der Waals surface area contributed by atoms with Crippen LogP contribution in [-0.4, -0.2) is 26.2 Å². The summed E-state index contributed by atoms with van der Waals surface area (Å²) in [5.74, 6) is 1.68. The summed E-state index contributed by atoms with van der Waals surface area (Å²) >= 11 is 1.72. The van der Waals surface area contributed by atoms with Gasteiger partial charge >= 0.3 is 0 Å². The molecule has 1 aromatic carbocycles. The second kappa shape index (κ2) is 11.1. The average Bonchev–Trinajstić information content (AvgIpc) is 3.06. The van der Waals surface area contributed by atoms with Crippen LogP contribution in [0.15, 0.2) is 53.4 Å². The molecule has 2 rings (SSSR count). The number of aliphatic imine (C=N–C) groups is 1. The number of methoxy groups -OCH3 is 1. The standard InChI is InChI=1S/C18H23N3OS.HI/c1-4-10-20-18(19-5-2)21-12-17-11-15(13-23-17)14-6-8-16(22-3)9-7-14;/h4,6-9,11,13H,1,5,10,12H2,2-3H3,(H2,19,20,21);1H. The van der Waals surface area contributed by atoms with Gasteiger partial charge in [-0.3, -0.25) is 0 Å². The lowest BCUT2D eigenvalue weighted by atomic mass is 10.1. The number of hydrogen-bond acceptors (Lipinski definition) is 3. The Hall–Kier alpha value is -1.54. The van der Waals surface area contributed by atoms with Crippen molar-refractivity contribution in [3.63, 3.8) is 0 Å². The summed E-state index contributed by atoms with van der Waals surface area (Å²) in [7, 11) is 1.68. The minimum absolute atomic E-state index is 0. The molecule has 0 aliphatic carbocycles. The van der Waals surface area contributed by atoms with E-state index in [9.17, 15) is 0 Å². The summed E-state index contributed by atoms with van der Waals surface area (Å²) in [5, 5.41) is 8.59. The van der Waals surface area contributed by atoms with Crippen molar-refractivity contribution < 1.29 is 4.74 Å². The van der Waals surface area contributed by atoms with E-state index in [0.717, 1.165) is 18.3 Å². The van der Waals surface area contributed by atoms with Crippen molar-refractivity contribution in [2.24, 2.45) is 4.99 Å². The maximum Gasteiger partial charge on any atom is 0.191 e. The number of rotatable bonds is 7. The summed E-state index contributed by atoms with van der Waals surface area (Å²) in [6, 6.07) is 10.3. The Labute approximate surface area is 165 Å².